The number of piperidine rings is 1. The monoisotopic (exact) mass is 276 g/mol. The van der Waals surface area contributed by atoms with Crippen LogP contribution in [0.15, 0.2) is 6.33 Å². The van der Waals surface area contributed by atoms with Crippen LogP contribution in [0.2, 0.25) is 0 Å². The van der Waals surface area contributed by atoms with Gasteiger partial charge in [-0.2, -0.15) is 5.10 Å². The van der Waals surface area contributed by atoms with Crippen LogP contribution in [-0.4, -0.2) is 44.6 Å². The van der Waals surface area contributed by atoms with Gasteiger partial charge in [-0.15, -0.1) is 0 Å². The molecule has 0 aromatic carbocycles. The van der Waals surface area contributed by atoms with Crippen molar-refractivity contribution < 1.29 is 4.79 Å². The minimum Gasteiger partial charge on any atom is -0.300 e. The van der Waals surface area contributed by atoms with Crippen molar-refractivity contribution in [3.63, 3.8) is 0 Å². The van der Waals surface area contributed by atoms with Crippen LogP contribution in [0.1, 0.15) is 44.9 Å². The normalized spacial score (nSPS) is 29.8. The van der Waals surface area contributed by atoms with Crippen molar-refractivity contribution in [2.24, 2.45) is 5.92 Å². The molecule has 5 heteroatoms. The zero-order chi connectivity index (χ0) is 14.1. The van der Waals surface area contributed by atoms with Crippen LogP contribution in [-0.2, 0) is 17.8 Å². The Kier molecular flexibility index (Phi) is 3.87. The highest BCUT2D eigenvalue weighted by atomic mass is 16.1. The predicted octanol–water partition coefficient (Wildman–Crippen LogP) is 1.67. The van der Waals surface area contributed by atoms with Crippen LogP contribution in [0.5, 0.6) is 0 Å². The van der Waals surface area contributed by atoms with E-state index in [4.69, 9.17) is 0 Å². The number of aryl methyl sites for hydroxylation is 1. The second kappa shape index (κ2) is 5.64. The number of hydrogen-bond acceptors (Lipinski definition) is 4. The van der Waals surface area contributed by atoms with E-state index in [1.807, 2.05) is 4.68 Å². The van der Waals surface area contributed by atoms with E-state index < -0.39 is 0 Å². The zero-order valence-corrected chi connectivity index (χ0v) is 12.5. The van der Waals surface area contributed by atoms with Crippen LogP contribution < -0.4 is 0 Å². The highest BCUT2D eigenvalue weighted by Crippen LogP contribution is 2.37. The Bertz CT molecular complexity index is 470. The van der Waals surface area contributed by atoms with Crippen molar-refractivity contribution in [2.75, 3.05) is 7.05 Å². The molecule has 2 aliphatic rings. The largest absolute Gasteiger partial charge is 0.300 e. The number of hydrogen-bond donors (Lipinski definition) is 0. The summed E-state index contributed by atoms with van der Waals surface area (Å²) in [7, 11) is 2.21. The molecule has 110 valence electrons. The van der Waals surface area contributed by atoms with Gasteiger partial charge in [-0.05, 0) is 39.2 Å². The molecule has 2 fully saturated rings. The maximum Gasteiger partial charge on any atom is 0.143 e. The smallest absolute Gasteiger partial charge is 0.143 e. The van der Waals surface area contributed by atoms with Gasteiger partial charge in [-0.3, -0.25) is 4.79 Å². The summed E-state index contributed by atoms with van der Waals surface area (Å²) in [4.78, 5) is 19.3. The van der Waals surface area contributed by atoms with Crippen LogP contribution in [0.4, 0.5) is 0 Å². The highest BCUT2D eigenvalue weighted by molar-refractivity contribution is 5.82. The molecule has 0 spiro atoms. The maximum absolute atomic E-state index is 12.5. The molecule has 2 saturated heterocycles. The lowest BCUT2D eigenvalue weighted by atomic mass is 9.86. The lowest BCUT2D eigenvalue weighted by Crippen LogP contribution is -2.42. The fraction of sp³-hybridized carbons (Fsp3) is 0.800. The third-order valence-electron chi connectivity index (χ3n) is 5.02. The molecule has 0 saturated carbocycles. The van der Waals surface area contributed by atoms with Gasteiger partial charge in [-0.25, -0.2) is 9.67 Å². The van der Waals surface area contributed by atoms with Crippen molar-refractivity contribution in [1.29, 1.82) is 0 Å². The van der Waals surface area contributed by atoms with Gasteiger partial charge < -0.3 is 4.90 Å². The molecular formula is C15H24N4O. The number of carbonyl (C=O) groups excluding carboxylic acids is 1. The van der Waals surface area contributed by atoms with Gasteiger partial charge in [-0.1, -0.05) is 6.92 Å². The molecule has 20 heavy (non-hydrogen) atoms. The molecule has 2 bridgehead atoms. The number of carbonyl (C=O) groups is 1. The number of nitrogens with zero attached hydrogens (tertiary/aromatic N) is 4. The first-order valence-corrected chi connectivity index (χ1v) is 7.80. The molecule has 1 aromatic rings. The second-order valence-electron chi connectivity index (χ2n) is 6.26. The van der Waals surface area contributed by atoms with Crippen molar-refractivity contribution >= 4 is 5.78 Å². The van der Waals surface area contributed by atoms with Crippen LogP contribution in [0.25, 0.3) is 0 Å². The van der Waals surface area contributed by atoms with Gasteiger partial charge in [0.25, 0.3) is 0 Å². The average molecular weight is 276 g/mol. The standard InChI is InChI=1S/C15H24N4O/c1-3-6-19-15(16-10-17-19)9-14(20)11-7-12-4-5-13(8-11)18(12)2/h10-13H,3-9H2,1-2H3. The van der Waals surface area contributed by atoms with E-state index in [0.717, 1.165) is 31.6 Å². The molecule has 0 radical (unpaired) electrons. The van der Waals surface area contributed by atoms with Gasteiger partial charge in [0.1, 0.15) is 17.9 Å². The SMILES string of the molecule is CCCn1ncnc1CC(=O)C1CC2CCC(C1)N2C. The number of aromatic nitrogens is 3. The van der Waals surface area contributed by atoms with E-state index in [0.29, 0.717) is 24.3 Å². The minimum atomic E-state index is 0.232. The molecule has 2 aliphatic heterocycles. The quantitative estimate of drug-likeness (QED) is 0.821. The Labute approximate surface area is 120 Å². The third-order valence-corrected chi connectivity index (χ3v) is 5.02. The summed E-state index contributed by atoms with van der Waals surface area (Å²) < 4.78 is 1.88. The van der Waals surface area contributed by atoms with Crippen molar-refractivity contribution in [2.45, 2.75) is 64.1 Å². The summed E-state index contributed by atoms with van der Waals surface area (Å²) >= 11 is 0. The van der Waals surface area contributed by atoms with E-state index in [9.17, 15) is 4.79 Å². The van der Waals surface area contributed by atoms with E-state index in [-0.39, 0.29) is 5.92 Å². The fourth-order valence-electron chi connectivity index (χ4n) is 3.80. The second-order valence-corrected chi connectivity index (χ2v) is 6.26. The van der Waals surface area contributed by atoms with Gasteiger partial charge in [0, 0.05) is 24.5 Å². The van der Waals surface area contributed by atoms with Gasteiger partial charge in [0.05, 0.1) is 6.42 Å². The Hall–Kier alpha value is -1.23. The van der Waals surface area contributed by atoms with Crippen molar-refractivity contribution in [3.05, 3.63) is 12.2 Å². The highest BCUT2D eigenvalue weighted by Gasteiger charge is 2.40. The van der Waals surface area contributed by atoms with E-state index >= 15 is 0 Å². The van der Waals surface area contributed by atoms with E-state index in [1.165, 1.54) is 12.8 Å². The summed E-state index contributed by atoms with van der Waals surface area (Å²) in [6, 6.07) is 1.24. The first kappa shape index (κ1) is 13.7. The van der Waals surface area contributed by atoms with Gasteiger partial charge in [0.2, 0.25) is 0 Å². The molecule has 0 amide bonds. The third kappa shape index (κ3) is 2.51. The first-order chi connectivity index (χ1) is 9.69. The maximum atomic E-state index is 12.5. The predicted molar refractivity (Wildman–Crippen MR) is 76.3 cm³/mol. The van der Waals surface area contributed by atoms with Crippen molar-refractivity contribution in [3.8, 4) is 0 Å². The summed E-state index contributed by atoms with van der Waals surface area (Å²) in [6.07, 6.45) is 7.63. The summed E-state index contributed by atoms with van der Waals surface area (Å²) in [5.74, 6) is 1.43. The lowest BCUT2D eigenvalue weighted by Gasteiger charge is -2.35. The average Bonchev–Trinajstić information content (AvgIpc) is 2.91. The summed E-state index contributed by atoms with van der Waals surface area (Å²) in [6.45, 7) is 2.96. The van der Waals surface area contributed by atoms with Crippen LogP contribution in [0, 0.1) is 5.92 Å². The summed E-state index contributed by atoms with van der Waals surface area (Å²) in [5.41, 5.74) is 0. The van der Waals surface area contributed by atoms with Gasteiger partial charge in [0.15, 0.2) is 0 Å². The van der Waals surface area contributed by atoms with Crippen molar-refractivity contribution in [1.82, 2.24) is 19.7 Å². The van der Waals surface area contributed by atoms with E-state index in [2.05, 4.69) is 29.0 Å². The van der Waals surface area contributed by atoms with Crippen LogP contribution in [0.3, 0.4) is 0 Å². The molecule has 3 heterocycles. The first-order valence-electron chi connectivity index (χ1n) is 7.80. The molecular weight excluding hydrogens is 252 g/mol. The molecule has 3 rings (SSSR count). The number of Topliss-reactive ketones (excluding diaryl/α,β-unsaturated/α-hetero) is 1. The Morgan fingerprint density at radius 3 is 2.70 bits per heavy atom. The fourth-order valence-corrected chi connectivity index (χ4v) is 3.80. The Morgan fingerprint density at radius 1 is 1.35 bits per heavy atom. The number of rotatable bonds is 5. The van der Waals surface area contributed by atoms with Crippen LogP contribution >= 0.6 is 0 Å². The Balaban J connectivity index is 1.64. The molecule has 2 unspecified atom stereocenters. The minimum absolute atomic E-state index is 0.232. The molecule has 1 aromatic heterocycles. The van der Waals surface area contributed by atoms with Gasteiger partial charge >= 0.3 is 0 Å². The number of ketones is 1. The molecule has 0 N–H and O–H groups in total. The zero-order valence-electron chi connectivity index (χ0n) is 12.5. The number of fused-ring (bicyclic) bond motifs is 2. The lowest BCUT2D eigenvalue weighted by molar-refractivity contribution is -0.124. The Morgan fingerprint density at radius 2 is 2.05 bits per heavy atom. The molecule has 2 atom stereocenters. The topological polar surface area (TPSA) is 51.0 Å². The molecule has 5 nitrogen and oxygen atoms in total. The summed E-state index contributed by atoms with van der Waals surface area (Å²) in [5, 5.41) is 4.20. The molecule has 0 aliphatic carbocycles. The van der Waals surface area contributed by atoms with E-state index in [1.54, 1.807) is 6.33 Å².